The van der Waals surface area contributed by atoms with E-state index < -0.39 is 0 Å². The minimum absolute atomic E-state index is 0.236. The molecule has 0 heterocycles. The van der Waals surface area contributed by atoms with Crippen LogP contribution in [-0.2, 0) is 3.07 Å². The van der Waals surface area contributed by atoms with Crippen molar-refractivity contribution >= 4 is 22.9 Å². The van der Waals surface area contributed by atoms with Gasteiger partial charge in [-0.05, 0) is 0 Å². The maximum absolute atomic E-state index is 5.98. The summed E-state index contributed by atoms with van der Waals surface area (Å²) in [7, 11) is 0. The zero-order valence-electron chi connectivity index (χ0n) is 11.5. The second kappa shape index (κ2) is 10.9. The van der Waals surface area contributed by atoms with E-state index in [9.17, 15) is 0 Å². The van der Waals surface area contributed by atoms with Crippen LogP contribution in [0.25, 0.3) is 0 Å². The number of hydrogen-bond donors (Lipinski definition) is 0. The van der Waals surface area contributed by atoms with Crippen LogP contribution < -0.4 is 0 Å². The van der Waals surface area contributed by atoms with Crippen molar-refractivity contribution in [3.05, 3.63) is 0 Å². The SMILES string of the molecule is CCCCCC(CCCC)(CCCC)[O][Sn]. The first-order chi connectivity index (χ1) is 7.74. The summed E-state index contributed by atoms with van der Waals surface area (Å²) in [5, 5.41) is 0. The molecule has 3 radical (unpaired) electrons. The molecule has 0 atom stereocenters. The molecule has 0 spiro atoms. The van der Waals surface area contributed by atoms with E-state index in [2.05, 4.69) is 20.8 Å². The molecule has 0 bridgehead atoms. The summed E-state index contributed by atoms with van der Waals surface area (Å²) in [5.41, 5.74) is 0.236. The zero-order valence-corrected chi connectivity index (χ0v) is 14.3. The van der Waals surface area contributed by atoms with Crippen molar-refractivity contribution in [3.8, 4) is 0 Å². The molecule has 0 aromatic heterocycles. The maximum atomic E-state index is 5.98. The molecule has 2 heteroatoms. The molecule has 0 N–H and O–H groups in total. The van der Waals surface area contributed by atoms with Crippen molar-refractivity contribution in [1.29, 1.82) is 0 Å². The standard InChI is InChI=1S/C14H29O.Sn/c1-4-7-10-13-14(15,11-8-5-2)12-9-6-3;/h4-13H2,1-3H3;/q-1;+1. The van der Waals surface area contributed by atoms with E-state index in [4.69, 9.17) is 3.07 Å². The summed E-state index contributed by atoms with van der Waals surface area (Å²) in [4.78, 5) is 0. The van der Waals surface area contributed by atoms with Gasteiger partial charge in [0.2, 0.25) is 0 Å². The number of unbranched alkanes of at least 4 members (excludes halogenated alkanes) is 4. The summed E-state index contributed by atoms with van der Waals surface area (Å²) in [5.74, 6) is 0. The van der Waals surface area contributed by atoms with Gasteiger partial charge in [0.15, 0.2) is 0 Å². The van der Waals surface area contributed by atoms with Crippen LogP contribution in [0.3, 0.4) is 0 Å². The summed E-state index contributed by atoms with van der Waals surface area (Å²) in [6, 6.07) is 0. The van der Waals surface area contributed by atoms with Gasteiger partial charge >= 0.3 is 117 Å². The van der Waals surface area contributed by atoms with Crippen LogP contribution in [0.4, 0.5) is 0 Å². The first kappa shape index (κ1) is 16.8. The van der Waals surface area contributed by atoms with E-state index in [1.54, 1.807) is 0 Å². The molecule has 0 unspecified atom stereocenters. The zero-order chi connectivity index (χ0) is 12.3. The van der Waals surface area contributed by atoms with E-state index in [-0.39, 0.29) is 5.60 Å². The van der Waals surface area contributed by atoms with E-state index in [1.165, 1.54) is 87.1 Å². The number of hydrogen-bond acceptors (Lipinski definition) is 1. The average Bonchev–Trinajstić information content (AvgIpc) is 2.32. The summed E-state index contributed by atoms with van der Waals surface area (Å²) in [6.07, 6.45) is 13.1. The van der Waals surface area contributed by atoms with Gasteiger partial charge in [-0.2, -0.15) is 0 Å². The van der Waals surface area contributed by atoms with Crippen molar-refractivity contribution < 1.29 is 3.07 Å². The number of rotatable bonds is 11. The fraction of sp³-hybridized carbons (Fsp3) is 1.00. The molecule has 1 nitrogen and oxygen atoms in total. The van der Waals surface area contributed by atoms with Crippen LogP contribution >= 0.6 is 0 Å². The Labute approximate surface area is 116 Å². The molecule has 0 aliphatic rings. The fourth-order valence-electron chi connectivity index (χ4n) is 2.22. The van der Waals surface area contributed by atoms with Crippen LogP contribution in [0.15, 0.2) is 0 Å². The van der Waals surface area contributed by atoms with Crippen molar-refractivity contribution in [3.63, 3.8) is 0 Å². The summed E-state index contributed by atoms with van der Waals surface area (Å²) < 4.78 is 5.98. The Morgan fingerprint density at radius 3 is 1.56 bits per heavy atom. The molecule has 16 heavy (non-hydrogen) atoms. The van der Waals surface area contributed by atoms with Gasteiger partial charge in [-0.3, -0.25) is 0 Å². The Morgan fingerprint density at radius 1 is 0.750 bits per heavy atom. The monoisotopic (exact) mass is 333 g/mol. The van der Waals surface area contributed by atoms with Gasteiger partial charge in [-0.25, -0.2) is 0 Å². The molecule has 0 fully saturated rings. The topological polar surface area (TPSA) is 9.23 Å². The quantitative estimate of drug-likeness (QED) is 0.391. The Balaban J connectivity index is 4.16. The average molecular weight is 332 g/mol. The van der Waals surface area contributed by atoms with Crippen molar-refractivity contribution in [2.24, 2.45) is 0 Å². The predicted molar refractivity (Wildman–Crippen MR) is 72.8 cm³/mol. The van der Waals surface area contributed by atoms with Crippen LogP contribution in [0.5, 0.6) is 0 Å². The normalized spacial score (nSPS) is 12.0. The molecule has 0 amide bonds. The van der Waals surface area contributed by atoms with Gasteiger partial charge in [0.1, 0.15) is 0 Å². The third-order valence-electron chi connectivity index (χ3n) is 3.42. The van der Waals surface area contributed by atoms with Gasteiger partial charge < -0.3 is 0 Å². The van der Waals surface area contributed by atoms with Gasteiger partial charge in [0, 0.05) is 0 Å². The summed E-state index contributed by atoms with van der Waals surface area (Å²) in [6.45, 7) is 6.83. The predicted octanol–water partition coefficient (Wildman–Crippen LogP) is 4.79. The van der Waals surface area contributed by atoms with Gasteiger partial charge in [0.05, 0.1) is 0 Å². The third-order valence-corrected chi connectivity index (χ3v) is 4.66. The molecule has 0 aromatic rings. The van der Waals surface area contributed by atoms with Gasteiger partial charge in [0.25, 0.3) is 0 Å². The second-order valence-corrected chi connectivity index (χ2v) is 5.53. The second-order valence-electron chi connectivity index (χ2n) is 4.95. The Morgan fingerprint density at radius 2 is 1.19 bits per heavy atom. The molecular formula is C14H29OSn. The van der Waals surface area contributed by atoms with Gasteiger partial charge in [-0.1, -0.05) is 0 Å². The Hall–Kier alpha value is 0.759. The first-order valence-electron chi connectivity index (χ1n) is 7.09. The van der Waals surface area contributed by atoms with Crippen LogP contribution in [0.2, 0.25) is 0 Å². The molecule has 0 aliphatic carbocycles. The molecule has 0 aromatic carbocycles. The Bertz CT molecular complexity index is 140. The molecular weight excluding hydrogens is 303 g/mol. The van der Waals surface area contributed by atoms with E-state index in [0.717, 1.165) is 0 Å². The molecule has 95 valence electrons. The van der Waals surface area contributed by atoms with E-state index in [0.29, 0.717) is 0 Å². The van der Waals surface area contributed by atoms with Crippen molar-refractivity contribution in [2.75, 3.05) is 0 Å². The minimum atomic E-state index is 0.236. The van der Waals surface area contributed by atoms with E-state index >= 15 is 0 Å². The molecule has 0 saturated heterocycles. The van der Waals surface area contributed by atoms with Crippen LogP contribution in [0, 0.1) is 0 Å². The first-order valence-corrected chi connectivity index (χ1v) is 8.26. The molecule has 0 aliphatic heterocycles. The van der Waals surface area contributed by atoms with Crippen molar-refractivity contribution in [2.45, 2.75) is 90.6 Å². The summed E-state index contributed by atoms with van der Waals surface area (Å²) >= 11 is 1.26. The fourth-order valence-corrected chi connectivity index (χ4v) is 3.10. The van der Waals surface area contributed by atoms with Crippen LogP contribution in [0.1, 0.15) is 85.0 Å². The van der Waals surface area contributed by atoms with Gasteiger partial charge in [-0.15, -0.1) is 0 Å². The molecule has 0 saturated carbocycles. The third kappa shape index (κ3) is 7.16. The Kier molecular flexibility index (Phi) is 11.4. The van der Waals surface area contributed by atoms with Crippen LogP contribution in [-0.4, -0.2) is 28.5 Å². The molecule has 0 rings (SSSR count). The van der Waals surface area contributed by atoms with Crippen molar-refractivity contribution in [1.82, 2.24) is 0 Å². The van der Waals surface area contributed by atoms with E-state index in [1.807, 2.05) is 0 Å².